The molecule has 0 spiro atoms. The van der Waals surface area contributed by atoms with Crippen molar-refractivity contribution in [1.82, 2.24) is 19.6 Å². The molecule has 0 bridgehead atoms. The molecule has 6 rings (SSSR count). The minimum Gasteiger partial charge on any atom is -0.378 e. The standard InChI is InChI=1S/C31H38N4O3S/c1-22(2)11-15-38-25-10-12-33(20-25)19-23-6-5-7-24(18-23)35-30-26-8-3-4-9-28(26)39-21-27(30)29(32-35)31(36)34-13-16-37-17-14-34/h3-9,18,22,25H,10-17,19-21H2,1-2H3. The van der Waals surface area contributed by atoms with Gasteiger partial charge in [0.25, 0.3) is 5.91 Å². The predicted octanol–water partition coefficient (Wildman–Crippen LogP) is 5.25. The maximum absolute atomic E-state index is 13.6. The Bertz CT molecular complexity index is 1320. The van der Waals surface area contributed by atoms with Gasteiger partial charge in [0, 0.05) is 61.1 Å². The number of carbonyl (C=O) groups excluding carboxylic acids is 1. The summed E-state index contributed by atoms with van der Waals surface area (Å²) < 4.78 is 13.6. The van der Waals surface area contributed by atoms with Crippen molar-refractivity contribution < 1.29 is 14.3 Å². The largest absolute Gasteiger partial charge is 0.378 e. The first-order valence-corrected chi connectivity index (χ1v) is 15.2. The van der Waals surface area contributed by atoms with Crippen LogP contribution in [-0.2, 0) is 21.8 Å². The average molecular weight is 547 g/mol. The quantitative estimate of drug-likeness (QED) is 0.385. The SMILES string of the molecule is CC(C)CCOC1CCN(Cc2cccc(-n3nc(C(=O)N4CCOCC4)c4c3-c3ccccc3SC4)c2)C1. The molecular formula is C31H38N4O3S. The number of likely N-dealkylation sites (tertiary alicyclic amines) is 1. The number of aromatic nitrogens is 2. The minimum absolute atomic E-state index is 0.00464. The number of nitrogens with zero attached hydrogens (tertiary/aromatic N) is 4. The van der Waals surface area contributed by atoms with Crippen LogP contribution in [0.2, 0.25) is 0 Å². The first-order valence-electron chi connectivity index (χ1n) is 14.2. The van der Waals surface area contributed by atoms with Gasteiger partial charge in [0.05, 0.1) is 30.7 Å². The highest BCUT2D eigenvalue weighted by Crippen LogP contribution is 2.44. The molecule has 1 unspecified atom stereocenters. The Morgan fingerprint density at radius 2 is 1.97 bits per heavy atom. The Hall–Kier alpha value is -2.65. The van der Waals surface area contributed by atoms with Gasteiger partial charge in [-0.2, -0.15) is 5.10 Å². The number of rotatable bonds is 8. The summed E-state index contributed by atoms with van der Waals surface area (Å²) in [4.78, 5) is 19.2. The Kier molecular flexibility index (Phi) is 8.07. The molecule has 2 fully saturated rings. The van der Waals surface area contributed by atoms with Gasteiger partial charge in [0.15, 0.2) is 5.69 Å². The fraction of sp³-hybridized carbons (Fsp3) is 0.484. The average Bonchev–Trinajstić information content (AvgIpc) is 3.58. The van der Waals surface area contributed by atoms with Gasteiger partial charge in [0.2, 0.25) is 0 Å². The second kappa shape index (κ2) is 11.8. The highest BCUT2D eigenvalue weighted by atomic mass is 32.2. The van der Waals surface area contributed by atoms with Crippen LogP contribution in [-0.4, -0.2) is 77.6 Å². The summed E-state index contributed by atoms with van der Waals surface area (Å²) in [6, 6.07) is 17.1. The Morgan fingerprint density at radius 3 is 2.82 bits per heavy atom. The zero-order valence-corrected chi connectivity index (χ0v) is 23.8. The van der Waals surface area contributed by atoms with Gasteiger partial charge in [-0.25, -0.2) is 4.68 Å². The van der Waals surface area contributed by atoms with E-state index < -0.39 is 0 Å². The van der Waals surface area contributed by atoms with Gasteiger partial charge in [-0.1, -0.05) is 44.2 Å². The summed E-state index contributed by atoms with van der Waals surface area (Å²) >= 11 is 1.78. The molecule has 0 saturated carbocycles. The highest BCUT2D eigenvalue weighted by molar-refractivity contribution is 7.98. The number of fused-ring (bicyclic) bond motifs is 3. The Morgan fingerprint density at radius 1 is 1.13 bits per heavy atom. The predicted molar refractivity (Wildman–Crippen MR) is 154 cm³/mol. The minimum atomic E-state index is 0.00464. The molecule has 1 amide bonds. The van der Waals surface area contributed by atoms with Crippen LogP contribution in [0.15, 0.2) is 53.4 Å². The van der Waals surface area contributed by atoms with Crippen LogP contribution in [0.5, 0.6) is 0 Å². The summed E-state index contributed by atoms with van der Waals surface area (Å²) in [5, 5.41) is 5.01. The molecule has 0 aliphatic carbocycles. The summed E-state index contributed by atoms with van der Waals surface area (Å²) in [6.45, 7) is 10.6. The number of ether oxygens (including phenoxy) is 2. The number of morpholine rings is 1. The van der Waals surface area contributed by atoms with E-state index in [-0.39, 0.29) is 5.91 Å². The van der Waals surface area contributed by atoms with Crippen molar-refractivity contribution >= 4 is 17.7 Å². The molecule has 0 radical (unpaired) electrons. The third kappa shape index (κ3) is 5.80. The topological polar surface area (TPSA) is 59.8 Å². The zero-order chi connectivity index (χ0) is 26.8. The van der Waals surface area contributed by atoms with Crippen molar-refractivity contribution in [3.63, 3.8) is 0 Å². The summed E-state index contributed by atoms with van der Waals surface area (Å²) in [6.07, 6.45) is 2.53. The van der Waals surface area contributed by atoms with Gasteiger partial charge >= 0.3 is 0 Å². The van der Waals surface area contributed by atoms with Gasteiger partial charge < -0.3 is 14.4 Å². The van der Waals surface area contributed by atoms with E-state index in [1.165, 1.54) is 10.5 Å². The highest BCUT2D eigenvalue weighted by Gasteiger charge is 2.32. The molecule has 206 valence electrons. The fourth-order valence-corrected chi connectivity index (χ4v) is 6.74. The molecule has 3 aromatic rings. The van der Waals surface area contributed by atoms with Crippen molar-refractivity contribution in [2.24, 2.45) is 5.92 Å². The first-order chi connectivity index (χ1) is 19.1. The molecular weight excluding hydrogens is 508 g/mol. The first kappa shape index (κ1) is 26.6. The molecule has 4 heterocycles. The maximum Gasteiger partial charge on any atom is 0.274 e. The van der Waals surface area contributed by atoms with Crippen LogP contribution in [0.25, 0.3) is 16.9 Å². The van der Waals surface area contributed by atoms with E-state index in [2.05, 4.69) is 67.3 Å². The van der Waals surface area contributed by atoms with Crippen LogP contribution in [0.4, 0.5) is 0 Å². The van der Waals surface area contributed by atoms with Crippen molar-refractivity contribution in [3.05, 3.63) is 65.4 Å². The molecule has 3 aliphatic rings. The lowest BCUT2D eigenvalue weighted by atomic mass is 10.0. The molecule has 7 nitrogen and oxygen atoms in total. The second-order valence-corrected chi connectivity index (χ2v) is 12.2. The Labute approximate surface area is 235 Å². The van der Waals surface area contributed by atoms with Gasteiger partial charge in [-0.3, -0.25) is 9.69 Å². The van der Waals surface area contributed by atoms with E-state index in [1.54, 1.807) is 11.8 Å². The van der Waals surface area contributed by atoms with Crippen LogP contribution in [0, 0.1) is 5.92 Å². The Balaban J connectivity index is 1.27. The monoisotopic (exact) mass is 546 g/mol. The van der Waals surface area contributed by atoms with Crippen molar-refractivity contribution in [2.75, 3.05) is 46.0 Å². The van der Waals surface area contributed by atoms with E-state index in [1.807, 2.05) is 9.58 Å². The lowest BCUT2D eigenvalue weighted by molar-refractivity contribution is 0.0298. The number of thioether (sulfide) groups is 1. The molecule has 1 aromatic heterocycles. The fourth-order valence-electron chi connectivity index (χ4n) is 5.67. The van der Waals surface area contributed by atoms with Crippen LogP contribution in [0.3, 0.4) is 0 Å². The second-order valence-electron chi connectivity index (χ2n) is 11.1. The summed E-state index contributed by atoms with van der Waals surface area (Å²) in [7, 11) is 0. The van der Waals surface area contributed by atoms with E-state index in [0.717, 1.165) is 67.3 Å². The van der Waals surface area contributed by atoms with E-state index >= 15 is 0 Å². The molecule has 0 N–H and O–H groups in total. The van der Waals surface area contributed by atoms with Gasteiger partial charge in [-0.05, 0) is 42.5 Å². The number of carbonyl (C=O) groups is 1. The number of hydrogen-bond acceptors (Lipinski definition) is 6. The lowest BCUT2D eigenvalue weighted by Gasteiger charge is -2.26. The molecule has 3 aliphatic heterocycles. The number of amides is 1. The van der Waals surface area contributed by atoms with Crippen molar-refractivity contribution in [3.8, 4) is 16.9 Å². The maximum atomic E-state index is 13.6. The van der Waals surface area contributed by atoms with Crippen LogP contribution < -0.4 is 0 Å². The van der Waals surface area contributed by atoms with Crippen molar-refractivity contribution in [1.29, 1.82) is 0 Å². The third-order valence-corrected chi connectivity index (χ3v) is 8.94. The van der Waals surface area contributed by atoms with Crippen molar-refractivity contribution in [2.45, 2.75) is 50.0 Å². The van der Waals surface area contributed by atoms with Crippen LogP contribution in [0.1, 0.15) is 48.3 Å². The van der Waals surface area contributed by atoms with Gasteiger partial charge in [0.1, 0.15) is 0 Å². The number of benzene rings is 2. The lowest BCUT2D eigenvalue weighted by Crippen LogP contribution is -2.41. The summed E-state index contributed by atoms with van der Waals surface area (Å²) in [5.41, 5.74) is 6.03. The normalized spacial score (nSPS) is 19.4. The molecule has 8 heteroatoms. The van der Waals surface area contributed by atoms with E-state index in [0.29, 0.717) is 44.0 Å². The van der Waals surface area contributed by atoms with Crippen LogP contribution >= 0.6 is 11.8 Å². The zero-order valence-electron chi connectivity index (χ0n) is 23.0. The number of hydrogen-bond donors (Lipinski definition) is 0. The molecule has 1 atom stereocenters. The third-order valence-electron chi connectivity index (χ3n) is 7.84. The molecule has 2 saturated heterocycles. The van der Waals surface area contributed by atoms with Gasteiger partial charge in [-0.15, -0.1) is 11.8 Å². The molecule has 2 aromatic carbocycles. The van der Waals surface area contributed by atoms with E-state index in [4.69, 9.17) is 14.6 Å². The smallest absolute Gasteiger partial charge is 0.274 e. The summed E-state index contributed by atoms with van der Waals surface area (Å²) in [5.74, 6) is 1.42. The molecule has 39 heavy (non-hydrogen) atoms. The van der Waals surface area contributed by atoms with E-state index in [9.17, 15) is 4.79 Å².